The molecule has 122 valence electrons. The minimum absolute atomic E-state index is 0.0341. The predicted molar refractivity (Wildman–Crippen MR) is 81.8 cm³/mol. The molecule has 0 bridgehead atoms. The van der Waals surface area contributed by atoms with E-state index in [0.717, 1.165) is 6.42 Å². The zero-order valence-electron chi connectivity index (χ0n) is 13.9. The van der Waals surface area contributed by atoms with E-state index in [1.165, 1.54) is 0 Å². The highest BCUT2D eigenvalue weighted by molar-refractivity contribution is 5.81. The number of rotatable bonds is 4. The maximum absolute atomic E-state index is 12.0. The van der Waals surface area contributed by atoms with Gasteiger partial charge in [-0.1, -0.05) is 0 Å². The first-order valence-electron chi connectivity index (χ1n) is 7.66. The average Bonchev–Trinajstić information content (AvgIpc) is 2.81. The first-order valence-corrected chi connectivity index (χ1v) is 7.66. The molecule has 0 aromatic rings. The van der Waals surface area contributed by atoms with E-state index in [9.17, 15) is 9.59 Å². The summed E-state index contributed by atoms with van der Waals surface area (Å²) in [5.41, 5.74) is 5.18. The number of ether oxygens (including phenoxy) is 1. The van der Waals surface area contributed by atoms with Gasteiger partial charge in [0.05, 0.1) is 6.04 Å². The van der Waals surface area contributed by atoms with Gasteiger partial charge >= 0.3 is 6.09 Å². The molecule has 1 heterocycles. The van der Waals surface area contributed by atoms with Crippen LogP contribution < -0.4 is 5.73 Å². The van der Waals surface area contributed by atoms with E-state index in [0.29, 0.717) is 32.1 Å². The molecule has 6 heteroatoms. The molecule has 0 saturated carbocycles. The third kappa shape index (κ3) is 5.53. The summed E-state index contributed by atoms with van der Waals surface area (Å²) >= 11 is 0. The van der Waals surface area contributed by atoms with Crippen molar-refractivity contribution in [3.05, 3.63) is 0 Å². The smallest absolute Gasteiger partial charge is 0.410 e. The molecular weight excluding hydrogens is 270 g/mol. The van der Waals surface area contributed by atoms with Gasteiger partial charge in [-0.2, -0.15) is 0 Å². The largest absolute Gasteiger partial charge is 0.444 e. The Morgan fingerprint density at radius 1 is 1.43 bits per heavy atom. The Kier molecular flexibility index (Phi) is 6.01. The van der Waals surface area contributed by atoms with Crippen LogP contribution in [0.5, 0.6) is 0 Å². The highest BCUT2D eigenvalue weighted by Crippen LogP contribution is 2.20. The Labute approximate surface area is 127 Å². The summed E-state index contributed by atoms with van der Waals surface area (Å²) in [7, 11) is 0. The Hall–Kier alpha value is -1.30. The van der Waals surface area contributed by atoms with Crippen LogP contribution in [-0.4, -0.2) is 59.6 Å². The summed E-state index contributed by atoms with van der Waals surface area (Å²) < 4.78 is 5.37. The summed E-state index contributed by atoms with van der Waals surface area (Å²) in [4.78, 5) is 27.5. The summed E-state index contributed by atoms with van der Waals surface area (Å²) in [5, 5.41) is 0. The molecule has 1 unspecified atom stereocenters. The molecule has 0 spiro atoms. The van der Waals surface area contributed by atoms with Crippen LogP contribution in [0.25, 0.3) is 0 Å². The molecule has 1 rings (SSSR count). The van der Waals surface area contributed by atoms with E-state index >= 15 is 0 Å². The molecule has 0 aromatic heterocycles. The number of likely N-dealkylation sites (N-methyl/N-ethyl adjacent to an activating group) is 1. The number of nitrogens with zero attached hydrogens (tertiary/aromatic N) is 2. The first-order chi connectivity index (χ1) is 9.64. The normalized spacial score (nSPS) is 20.3. The van der Waals surface area contributed by atoms with Gasteiger partial charge in [0.2, 0.25) is 5.91 Å². The van der Waals surface area contributed by atoms with Crippen molar-refractivity contribution in [1.82, 2.24) is 9.80 Å². The van der Waals surface area contributed by atoms with Crippen molar-refractivity contribution < 1.29 is 14.3 Å². The molecule has 2 N–H and O–H groups in total. The van der Waals surface area contributed by atoms with Crippen molar-refractivity contribution in [2.24, 2.45) is 11.7 Å². The van der Waals surface area contributed by atoms with Gasteiger partial charge in [-0.15, -0.1) is 0 Å². The van der Waals surface area contributed by atoms with Gasteiger partial charge in [0.15, 0.2) is 0 Å². The zero-order chi connectivity index (χ0) is 16.2. The number of hydrogen-bond donors (Lipinski definition) is 1. The van der Waals surface area contributed by atoms with E-state index in [1.54, 1.807) is 16.7 Å². The van der Waals surface area contributed by atoms with Crippen molar-refractivity contribution in [3.8, 4) is 0 Å². The number of nitrogens with two attached hydrogens (primary N) is 1. The highest BCUT2D eigenvalue weighted by atomic mass is 16.6. The molecule has 1 aliphatic heterocycles. The van der Waals surface area contributed by atoms with Crippen molar-refractivity contribution in [2.75, 3.05) is 26.2 Å². The van der Waals surface area contributed by atoms with Crippen LogP contribution in [0.1, 0.15) is 41.0 Å². The topological polar surface area (TPSA) is 75.9 Å². The number of carbonyl (C=O) groups excluding carboxylic acids is 2. The third-order valence-corrected chi connectivity index (χ3v) is 3.50. The molecule has 0 aliphatic carbocycles. The number of likely N-dealkylation sites (tertiary alicyclic amines) is 1. The summed E-state index contributed by atoms with van der Waals surface area (Å²) in [6, 6.07) is -0.478. The molecule has 0 radical (unpaired) electrons. The molecule has 1 aliphatic rings. The second kappa shape index (κ2) is 7.11. The van der Waals surface area contributed by atoms with Gasteiger partial charge < -0.3 is 20.3 Å². The lowest BCUT2D eigenvalue weighted by molar-refractivity contribution is -0.132. The SMILES string of the molecule is CCN(CC1CCN(C(=O)OC(C)(C)C)C1)C(=O)[C@H](C)N. The minimum Gasteiger partial charge on any atom is -0.444 e. The van der Waals surface area contributed by atoms with Crippen molar-refractivity contribution >= 4 is 12.0 Å². The van der Waals surface area contributed by atoms with Crippen LogP contribution in [0.4, 0.5) is 4.79 Å². The Balaban J connectivity index is 2.50. The minimum atomic E-state index is -0.478. The van der Waals surface area contributed by atoms with Gasteiger partial charge in [0.25, 0.3) is 0 Å². The average molecular weight is 299 g/mol. The summed E-state index contributed by atoms with van der Waals surface area (Å²) in [5.74, 6) is 0.258. The third-order valence-electron chi connectivity index (χ3n) is 3.50. The number of carbonyl (C=O) groups is 2. The standard InChI is InChI=1S/C15H29N3O3/c1-6-17(13(19)11(2)16)9-12-7-8-18(10-12)14(20)21-15(3,4)5/h11-12H,6-10,16H2,1-5H3/t11-,12?/m0/s1. The van der Waals surface area contributed by atoms with Gasteiger partial charge in [0, 0.05) is 26.2 Å². The van der Waals surface area contributed by atoms with Crippen LogP contribution >= 0.6 is 0 Å². The molecule has 6 nitrogen and oxygen atoms in total. The van der Waals surface area contributed by atoms with E-state index in [4.69, 9.17) is 10.5 Å². The van der Waals surface area contributed by atoms with Gasteiger partial charge in [-0.05, 0) is 47.0 Å². The first kappa shape index (κ1) is 17.8. The van der Waals surface area contributed by atoms with Gasteiger partial charge in [-0.25, -0.2) is 4.79 Å². The van der Waals surface area contributed by atoms with Crippen LogP contribution in [-0.2, 0) is 9.53 Å². The fourth-order valence-corrected chi connectivity index (χ4v) is 2.45. The maximum atomic E-state index is 12.0. The zero-order valence-corrected chi connectivity index (χ0v) is 13.9. The summed E-state index contributed by atoms with van der Waals surface area (Å²) in [6.07, 6.45) is 0.619. The van der Waals surface area contributed by atoms with Gasteiger partial charge in [-0.3, -0.25) is 4.79 Å². The lowest BCUT2D eigenvalue weighted by Crippen LogP contribution is -2.44. The lowest BCUT2D eigenvalue weighted by atomic mass is 10.1. The molecule has 21 heavy (non-hydrogen) atoms. The summed E-state index contributed by atoms with van der Waals surface area (Å²) in [6.45, 7) is 11.8. The Bertz CT molecular complexity index is 377. The van der Waals surface area contributed by atoms with Crippen LogP contribution in [0.15, 0.2) is 0 Å². The highest BCUT2D eigenvalue weighted by Gasteiger charge is 2.31. The van der Waals surface area contributed by atoms with Crippen molar-refractivity contribution in [3.63, 3.8) is 0 Å². The molecular formula is C15H29N3O3. The molecule has 2 amide bonds. The lowest BCUT2D eigenvalue weighted by Gasteiger charge is -2.27. The van der Waals surface area contributed by atoms with Crippen molar-refractivity contribution in [2.45, 2.75) is 52.7 Å². The Morgan fingerprint density at radius 2 is 2.05 bits per heavy atom. The quantitative estimate of drug-likeness (QED) is 0.852. The molecule has 1 saturated heterocycles. The number of hydrogen-bond acceptors (Lipinski definition) is 4. The fraction of sp³-hybridized carbons (Fsp3) is 0.867. The van der Waals surface area contributed by atoms with Crippen molar-refractivity contribution in [1.29, 1.82) is 0 Å². The predicted octanol–water partition coefficient (Wildman–Crippen LogP) is 1.44. The Morgan fingerprint density at radius 3 is 2.52 bits per heavy atom. The molecule has 1 fully saturated rings. The van der Waals surface area contributed by atoms with Gasteiger partial charge in [0.1, 0.15) is 5.60 Å². The molecule has 0 aromatic carbocycles. The van der Waals surface area contributed by atoms with Crippen LogP contribution in [0.2, 0.25) is 0 Å². The molecule has 2 atom stereocenters. The second-order valence-electron chi connectivity index (χ2n) is 6.75. The monoisotopic (exact) mass is 299 g/mol. The maximum Gasteiger partial charge on any atom is 0.410 e. The van der Waals surface area contributed by atoms with E-state index in [1.807, 2.05) is 27.7 Å². The van der Waals surface area contributed by atoms with E-state index < -0.39 is 11.6 Å². The fourth-order valence-electron chi connectivity index (χ4n) is 2.45. The van der Waals surface area contributed by atoms with Crippen LogP contribution in [0, 0.1) is 5.92 Å². The second-order valence-corrected chi connectivity index (χ2v) is 6.75. The van der Waals surface area contributed by atoms with E-state index in [-0.39, 0.29) is 12.0 Å². The van der Waals surface area contributed by atoms with Crippen LogP contribution in [0.3, 0.4) is 0 Å². The number of amides is 2. The van der Waals surface area contributed by atoms with E-state index in [2.05, 4.69) is 0 Å².